The van der Waals surface area contributed by atoms with Crippen molar-refractivity contribution in [1.29, 1.82) is 0 Å². The second-order valence-electron chi connectivity index (χ2n) is 5.78. The fraction of sp³-hybridized carbons (Fsp3) is 0.533. The monoisotopic (exact) mass is 415 g/mol. The largest absolute Gasteiger partial charge is 0.416 e. The highest BCUT2D eigenvalue weighted by atomic mass is 35.5. The van der Waals surface area contributed by atoms with E-state index in [4.69, 9.17) is 5.73 Å². The summed E-state index contributed by atoms with van der Waals surface area (Å²) in [4.78, 5) is 11.5. The molecule has 1 saturated heterocycles. The average molecular weight is 416 g/mol. The van der Waals surface area contributed by atoms with E-state index in [0.717, 1.165) is 22.5 Å². The Morgan fingerprint density at radius 1 is 1.27 bits per heavy atom. The molecule has 148 valence electrons. The van der Waals surface area contributed by atoms with Crippen LogP contribution < -0.4 is 11.1 Å². The van der Waals surface area contributed by atoms with Crippen LogP contribution in [0.2, 0.25) is 0 Å². The first-order valence-electron chi connectivity index (χ1n) is 7.81. The predicted octanol–water partition coefficient (Wildman–Crippen LogP) is 1.60. The number of benzene rings is 1. The van der Waals surface area contributed by atoms with Crippen molar-refractivity contribution >= 4 is 28.3 Å². The van der Waals surface area contributed by atoms with Crippen molar-refractivity contribution in [2.45, 2.75) is 23.9 Å². The average Bonchev–Trinajstić information content (AvgIpc) is 2.59. The number of alkyl halides is 3. The molecule has 0 aliphatic carbocycles. The fourth-order valence-electron chi connectivity index (χ4n) is 2.68. The highest BCUT2D eigenvalue weighted by molar-refractivity contribution is 7.89. The number of amides is 1. The van der Waals surface area contributed by atoms with Gasteiger partial charge in [0.05, 0.1) is 10.5 Å². The van der Waals surface area contributed by atoms with E-state index in [2.05, 4.69) is 5.32 Å². The number of nitrogens with one attached hydrogen (secondary N) is 1. The van der Waals surface area contributed by atoms with Crippen molar-refractivity contribution in [1.82, 2.24) is 9.62 Å². The highest BCUT2D eigenvalue weighted by Crippen LogP contribution is 2.32. The molecule has 0 unspecified atom stereocenters. The predicted molar refractivity (Wildman–Crippen MR) is 92.2 cm³/mol. The van der Waals surface area contributed by atoms with Crippen LogP contribution in [-0.4, -0.2) is 44.8 Å². The molecule has 2 rings (SSSR count). The first-order valence-corrected chi connectivity index (χ1v) is 9.25. The first-order chi connectivity index (χ1) is 11.7. The number of sulfonamides is 1. The summed E-state index contributed by atoms with van der Waals surface area (Å²) < 4.78 is 64.6. The number of halogens is 4. The number of nitrogens with two attached hydrogens (primary N) is 1. The molecule has 1 aromatic carbocycles. The van der Waals surface area contributed by atoms with Gasteiger partial charge in [-0.25, -0.2) is 8.42 Å². The Bertz CT molecular complexity index is 720. The van der Waals surface area contributed by atoms with Crippen LogP contribution in [0.3, 0.4) is 0 Å². The maximum atomic E-state index is 12.8. The molecule has 0 aromatic heterocycles. The van der Waals surface area contributed by atoms with Gasteiger partial charge in [0.25, 0.3) is 0 Å². The van der Waals surface area contributed by atoms with E-state index in [9.17, 15) is 26.4 Å². The van der Waals surface area contributed by atoms with Gasteiger partial charge in [-0.1, -0.05) is 6.07 Å². The molecule has 0 radical (unpaired) electrons. The zero-order chi connectivity index (χ0) is 18.7. The van der Waals surface area contributed by atoms with Gasteiger partial charge < -0.3 is 11.1 Å². The Morgan fingerprint density at radius 2 is 1.88 bits per heavy atom. The number of carbonyl (C=O) groups is 1. The van der Waals surface area contributed by atoms with Crippen molar-refractivity contribution in [3.8, 4) is 0 Å². The Hall–Kier alpha value is -1.36. The van der Waals surface area contributed by atoms with E-state index < -0.39 is 26.7 Å². The molecule has 0 atom stereocenters. The quantitative estimate of drug-likeness (QED) is 0.764. The van der Waals surface area contributed by atoms with E-state index in [1.165, 1.54) is 0 Å². The van der Waals surface area contributed by atoms with E-state index in [-0.39, 0.29) is 37.3 Å². The van der Waals surface area contributed by atoms with E-state index >= 15 is 0 Å². The molecule has 1 fully saturated rings. The molecular formula is C15H21ClF3N3O3S. The van der Waals surface area contributed by atoms with Gasteiger partial charge in [0.2, 0.25) is 15.9 Å². The number of piperidine rings is 1. The van der Waals surface area contributed by atoms with Crippen LogP contribution in [0.1, 0.15) is 18.4 Å². The van der Waals surface area contributed by atoms with Crippen LogP contribution in [-0.2, 0) is 21.0 Å². The Morgan fingerprint density at radius 3 is 2.42 bits per heavy atom. The summed E-state index contributed by atoms with van der Waals surface area (Å²) in [5.74, 6) is -0.499. The molecule has 11 heteroatoms. The Labute approximate surface area is 156 Å². The lowest BCUT2D eigenvalue weighted by Crippen LogP contribution is -2.43. The molecular weight excluding hydrogens is 395 g/mol. The van der Waals surface area contributed by atoms with Crippen LogP contribution in [0.4, 0.5) is 13.2 Å². The van der Waals surface area contributed by atoms with Crippen LogP contribution in [0, 0.1) is 5.92 Å². The first kappa shape index (κ1) is 22.7. The molecule has 26 heavy (non-hydrogen) atoms. The zero-order valence-electron chi connectivity index (χ0n) is 13.8. The zero-order valence-corrected chi connectivity index (χ0v) is 15.5. The van der Waals surface area contributed by atoms with Crippen molar-refractivity contribution < 1.29 is 26.4 Å². The molecule has 0 spiro atoms. The van der Waals surface area contributed by atoms with Crippen molar-refractivity contribution in [3.63, 3.8) is 0 Å². The lowest BCUT2D eigenvalue weighted by atomic mass is 9.97. The van der Waals surface area contributed by atoms with Gasteiger partial charge in [-0.15, -0.1) is 12.4 Å². The van der Waals surface area contributed by atoms with Gasteiger partial charge in [-0.2, -0.15) is 17.5 Å². The van der Waals surface area contributed by atoms with E-state index in [0.29, 0.717) is 32.0 Å². The third kappa shape index (κ3) is 5.32. The number of carbonyl (C=O) groups excluding carboxylic acids is 1. The summed E-state index contributed by atoms with van der Waals surface area (Å²) in [6, 6.07) is 3.68. The van der Waals surface area contributed by atoms with Crippen LogP contribution >= 0.6 is 12.4 Å². The molecule has 3 N–H and O–H groups in total. The number of hydrogen-bond acceptors (Lipinski definition) is 4. The normalized spacial score (nSPS) is 16.8. The highest BCUT2D eigenvalue weighted by Gasteiger charge is 2.35. The standard InChI is InChI=1S/C15H20F3N3O3S.ClH/c16-15(17,18)12-2-1-3-13(10-12)25(23,24)21-8-4-11(5-9-21)14(22)20-7-6-19;/h1-3,10-11H,4-9,19H2,(H,20,22);1H. The second kappa shape index (κ2) is 9.03. The summed E-state index contributed by atoms with van der Waals surface area (Å²) in [6.45, 7) is 0.828. The minimum Gasteiger partial charge on any atom is -0.355 e. The van der Waals surface area contributed by atoms with Crippen molar-refractivity contribution in [2.75, 3.05) is 26.2 Å². The molecule has 6 nitrogen and oxygen atoms in total. The maximum absolute atomic E-state index is 12.8. The third-order valence-corrected chi connectivity index (χ3v) is 5.96. The summed E-state index contributed by atoms with van der Waals surface area (Å²) in [5.41, 5.74) is 4.30. The minimum absolute atomic E-state index is 0. The van der Waals surface area contributed by atoms with Crippen LogP contribution in [0.5, 0.6) is 0 Å². The van der Waals surface area contributed by atoms with Crippen molar-refractivity contribution in [3.05, 3.63) is 29.8 Å². The Balaban J connectivity index is 0.00000338. The molecule has 0 saturated carbocycles. The number of hydrogen-bond donors (Lipinski definition) is 2. The minimum atomic E-state index is -4.61. The smallest absolute Gasteiger partial charge is 0.355 e. The second-order valence-corrected chi connectivity index (χ2v) is 7.72. The lowest BCUT2D eigenvalue weighted by molar-refractivity contribution is -0.137. The molecule has 1 aromatic rings. The van der Waals surface area contributed by atoms with Gasteiger partial charge in [-0.3, -0.25) is 4.79 Å². The number of nitrogens with zero attached hydrogens (tertiary/aromatic N) is 1. The fourth-order valence-corrected chi connectivity index (χ4v) is 4.20. The summed E-state index contributed by atoms with van der Waals surface area (Å²) in [6.07, 6.45) is -3.98. The topological polar surface area (TPSA) is 92.5 Å². The molecule has 0 bridgehead atoms. The van der Waals surface area contributed by atoms with Crippen LogP contribution in [0.15, 0.2) is 29.2 Å². The van der Waals surface area contributed by atoms with E-state index in [1.54, 1.807) is 0 Å². The van der Waals surface area contributed by atoms with Gasteiger partial charge in [-0.05, 0) is 31.0 Å². The van der Waals surface area contributed by atoms with Crippen LogP contribution in [0.25, 0.3) is 0 Å². The molecule has 1 amide bonds. The Kier molecular flexibility index (Phi) is 7.87. The maximum Gasteiger partial charge on any atom is 0.416 e. The van der Waals surface area contributed by atoms with E-state index in [1.807, 2.05) is 0 Å². The van der Waals surface area contributed by atoms with Gasteiger partial charge in [0.15, 0.2) is 0 Å². The SMILES string of the molecule is Cl.NCCNC(=O)C1CCN(S(=O)(=O)c2cccc(C(F)(F)F)c2)CC1. The molecule has 1 aliphatic rings. The van der Waals surface area contributed by atoms with Gasteiger partial charge in [0, 0.05) is 32.1 Å². The summed E-state index contributed by atoms with van der Waals surface area (Å²) in [5, 5.41) is 2.65. The third-order valence-electron chi connectivity index (χ3n) is 4.07. The lowest BCUT2D eigenvalue weighted by Gasteiger charge is -2.30. The number of rotatable bonds is 5. The van der Waals surface area contributed by atoms with Gasteiger partial charge >= 0.3 is 6.18 Å². The molecule has 1 aliphatic heterocycles. The summed E-state index contributed by atoms with van der Waals surface area (Å²) >= 11 is 0. The van der Waals surface area contributed by atoms with Gasteiger partial charge in [0.1, 0.15) is 0 Å². The van der Waals surface area contributed by atoms with Crippen molar-refractivity contribution in [2.24, 2.45) is 11.7 Å². The molecule has 1 heterocycles. The summed E-state index contributed by atoms with van der Waals surface area (Å²) in [7, 11) is -4.03.